The third kappa shape index (κ3) is 4.99. The van der Waals surface area contributed by atoms with Gasteiger partial charge >= 0.3 is 0 Å². The van der Waals surface area contributed by atoms with Gasteiger partial charge in [-0.3, -0.25) is 4.79 Å². The summed E-state index contributed by atoms with van der Waals surface area (Å²) < 4.78 is 32.1. The quantitative estimate of drug-likeness (QED) is 0.708. The minimum atomic E-state index is -3.73. The molecule has 1 aromatic rings. The van der Waals surface area contributed by atoms with Crippen molar-refractivity contribution in [1.82, 2.24) is 10.0 Å². The zero-order chi connectivity index (χ0) is 16.8. The van der Waals surface area contributed by atoms with E-state index in [9.17, 15) is 13.2 Å². The zero-order valence-electron chi connectivity index (χ0n) is 13.5. The number of hydrogen-bond donors (Lipinski definition) is 2. The van der Waals surface area contributed by atoms with Gasteiger partial charge < -0.3 is 10.1 Å². The van der Waals surface area contributed by atoms with Crippen LogP contribution in [0.25, 0.3) is 0 Å². The molecule has 0 aliphatic carbocycles. The molecule has 0 spiro atoms. The van der Waals surface area contributed by atoms with Crippen molar-refractivity contribution in [1.29, 1.82) is 0 Å². The predicted octanol–water partition coefficient (Wildman–Crippen LogP) is 1.51. The van der Waals surface area contributed by atoms with Crippen LogP contribution >= 0.6 is 0 Å². The summed E-state index contributed by atoms with van der Waals surface area (Å²) in [6, 6.07) is 3.22. The number of carbonyl (C=O) groups excluding carboxylic acids is 1. The van der Waals surface area contributed by atoms with Gasteiger partial charge in [0.05, 0.1) is 18.6 Å². The number of aryl methyl sites for hydroxylation is 2. The van der Waals surface area contributed by atoms with Crippen molar-refractivity contribution in [3.8, 4) is 5.75 Å². The van der Waals surface area contributed by atoms with Crippen LogP contribution in [0.2, 0.25) is 0 Å². The van der Waals surface area contributed by atoms with Crippen LogP contribution in [0.3, 0.4) is 0 Å². The Hall–Kier alpha value is -1.60. The van der Waals surface area contributed by atoms with Crippen molar-refractivity contribution in [2.75, 3.05) is 20.2 Å². The third-order valence-corrected chi connectivity index (χ3v) is 4.80. The lowest BCUT2D eigenvalue weighted by atomic mass is 10.1. The Morgan fingerprint density at radius 2 is 1.91 bits per heavy atom. The molecule has 1 amide bonds. The molecule has 0 aliphatic heterocycles. The summed E-state index contributed by atoms with van der Waals surface area (Å²) in [6.45, 7) is 5.77. The van der Waals surface area contributed by atoms with Crippen molar-refractivity contribution < 1.29 is 17.9 Å². The first kappa shape index (κ1) is 18.4. The van der Waals surface area contributed by atoms with Gasteiger partial charge in [0.25, 0.3) is 0 Å². The summed E-state index contributed by atoms with van der Waals surface area (Å²) in [5.74, 6) is 0.300. The van der Waals surface area contributed by atoms with E-state index >= 15 is 0 Å². The average molecular weight is 328 g/mol. The second-order valence-electron chi connectivity index (χ2n) is 5.12. The normalized spacial score (nSPS) is 11.3. The molecule has 22 heavy (non-hydrogen) atoms. The van der Waals surface area contributed by atoms with Gasteiger partial charge in [0.15, 0.2) is 0 Å². The van der Waals surface area contributed by atoms with E-state index in [0.29, 0.717) is 17.9 Å². The maximum Gasteiger partial charge on any atom is 0.241 e. The van der Waals surface area contributed by atoms with E-state index in [0.717, 1.165) is 18.4 Å². The maximum atomic E-state index is 12.3. The molecule has 0 aromatic heterocycles. The SMILES string of the molecule is CCCCNC(=O)CNS(=O)(=O)c1cc(C)c(OC)cc1C. The monoisotopic (exact) mass is 328 g/mol. The molecule has 124 valence electrons. The molecular formula is C15H24N2O4S. The summed E-state index contributed by atoms with van der Waals surface area (Å²) in [4.78, 5) is 11.7. The predicted molar refractivity (Wildman–Crippen MR) is 85.6 cm³/mol. The Balaban J connectivity index is 2.79. The van der Waals surface area contributed by atoms with E-state index in [2.05, 4.69) is 10.0 Å². The summed E-state index contributed by atoms with van der Waals surface area (Å²) in [5.41, 5.74) is 1.29. The Bertz CT molecular complexity index is 627. The standard InChI is InChI=1S/C15H24N2O4S/c1-5-6-7-16-15(18)10-17-22(19,20)14-9-11(2)13(21-4)8-12(14)3/h8-9,17H,5-7,10H2,1-4H3,(H,16,18). The number of hydrogen-bond acceptors (Lipinski definition) is 4. The molecular weight excluding hydrogens is 304 g/mol. The number of unbranched alkanes of at least 4 members (excludes halogenated alkanes) is 1. The van der Waals surface area contributed by atoms with Gasteiger partial charge in [-0.1, -0.05) is 13.3 Å². The van der Waals surface area contributed by atoms with Crippen molar-refractivity contribution in [3.63, 3.8) is 0 Å². The molecule has 0 heterocycles. The van der Waals surface area contributed by atoms with Crippen LogP contribution in [0, 0.1) is 13.8 Å². The van der Waals surface area contributed by atoms with Gasteiger partial charge in [-0.05, 0) is 43.5 Å². The van der Waals surface area contributed by atoms with Gasteiger partial charge in [-0.2, -0.15) is 0 Å². The van der Waals surface area contributed by atoms with E-state index in [-0.39, 0.29) is 17.3 Å². The lowest BCUT2D eigenvalue weighted by Crippen LogP contribution is -2.37. The van der Waals surface area contributed by atoms with Crippen molar-refractivity contribution >= 4 is 15.9 Å². The third-order valence-electron chi connectivity index (χ3n) is 3.26. The molecule has 0 radical (unpaired) electrons. The molecule has 6 nitrogen and oxygen atoms in total. The number of ether oxygens (including phenoxy) is 1. The first-order valence-electron chi connectivity index (χ1n) is 7.23. The summed E-state index contributed by atoms with van der Waals surface area (Å²) >= 11 is 0. The number of amides is 1. The number of sulfonamides is 1. The molecule has 0 saturated carbocycles. The van der Waals surface area contributed by atoms with Gasteiger partial charge in [0, 0.05) is 6.54 Å². The van der Waals surface area contributed by atoms with Gasteiger partial charge in [0.2, 0.25) is 15.9 Å². The van der Waals surface area contributed by atoms with Crippen LogP contribution < -0.4 is 14.8 Å². The van der Waals surface area contributed by atoms with E-state index in [1.54, 1.807) is 26.0 Å². The van der Waals surface area contributed by atoms with Crippen LogP contribution in [0.1, 0.15) is 30.9 Å². The second kappa shape index (κ2) is 8.14. The van der Waals surface area contributed by atoms with Gasteiger partial charge in [0.1, 0.15) is 5.75 Å². The van der Waals surface area contributed by atoms with Crippen LogP contribution in [-0.4, -0.2) is 34.5 Å². The molecule has 0 fully saturated rings. The second-order valence-corrected chi connectivity index (χ2v) is 6.85. The van der Waals surface area contributed by atoms with E-state index < -0.39 is 10.0 Å². The van der Waals surface area contributed by atoms with Crippen molar-refractivity contribution in [2.24, 2.45) is 0 Å². The largest absolute Gasteiger partial charge is 0.496 e. The smallest absolute Gasteiger partial charge is 0.241 e. The van der Waals surface area contributed by atoms with Crippen LogP contribution in [0.4, 0.5) is 0 Å². The minimum absolute atomic E-state index is 0.159. The fraction of sp³-hybridized carbons (Fsp3) is 0.533. The molecule has 7 heteroatoms. The number of rotatable bonds is 8. The van der Waals surface area contributed by atoms with Gasteiger partial charge in [-0.25, -0.2) is 13.1 Å². The summed E-state index contributed by atoms with van der Waals surface area (Å²) in [7, 11) is -2.19. The summed E-state index contributed by atoms with van der Waals surface area (Å²) in [6.07, 6.45) is 1.84. The molecule has 2 N–H and O–H groups in total. The van der Waals surface area contributed by atoms with Crippen LogP contribution in [0.5, 0.6) is 5.75 Å². The number of benzene rings is 1. The van der Waals surface area contributed by atoms with E-state index in [4.69, 9.17) is 4.74 Å². The maximum absolute atomic E-state index is 12.3. The fourth-order valence-electron chi connectivity index (χ4n) is 1.98. The van der Waals surface area contributed by atoms with E-state index in [1.165, 1.54) is 7.11 Å². The molecule has 0 unspecified atom stereocenters. The first-order valence-corrected chi connectivity index (χ1v) is 8.71. The Morgan fingerprint density at radius 3 is 2.50 bits per heavy atom. The molecule has 0 bridgehead atoms. The molecule has 1 rings (SSSR count). The van der Waals surface area contributed by atoms with E-state index in [1.807, 2.05) is 6.92 Å². The molecule has 0 atom stereocenters. The lowest BCUT2D eigenvalue weighted by molar-refractivity contribution is -0.119. The highest BCUT2D eigenvalue weighted by Gasteiger charge is 2.19. The van der Waals surface area contributed by atoms with Crippen LogP contribution in [-0.2, 0) is 14.8 Å². The fourth-order valence-corrected chi connectivity index (χ4v) is 3.27. The molecule has 0 aliphatic rings. The highest BCUT2D eigenvalue weighted by Crippen LogP contribution is 2.25. The Morgan fingerprint density at radius 1 is 1.23 bits per heavy atom. The lowest BCUT2D eigenvalue weighted by Gasteiger charge is -2.12. The molecule has 1 aromatic carbocycles. The topological polar surface area (TPSA) is 84.5 Å². The highest BCUT2D eigenvalue weighted by molar-refractivity contribution is 7.89. The first-order chi connectivity index (χ1) is 10.3. The number of nitrogens with one attached hydrogen (secondary N) is 2. The Labute approximate surface area is 132 Å². The average Bonchev–Trinajstić information content (AvgIpc) is 2.47. The summed E-state index contributed by atoms with van der Waals surface area (Å²) in [5, 5.41) is 2.67. The van der Waals surface area contributed by atoms with Crippen molar-refractivity contribution in [2.45, 2.75) is 38.5 Å². The zero-order valence-corrected chi connectivity index (χ0v) is 14.3. The number of methoxy groups -OCH3 is 1. The highest BCUT2D eigenvalue weighted by atomic mass is 32.2. The number of carbonyl (C=O) groups is 1. The van der Waals surface area contributed by atoms with Gasteiger partial charge in [-0.15, -0.1) is 0 Å². The van der Waals surface area contributed by atoms with Crippen molar-refractivity contribution in [3.05, 3.63) is 23.3 Å². The molecule has 0 saturated heterocycles. The minimum Gasteiger partial charge on any atom is -0.496 e. The van der Waals surface area contributed by atoms with Crippen LogP contribution in [0.15, 0.2) is 17.0 Å². The Kier molecular flexibility index (Phi) is 6.83.